The first-order valence-electron chi connectivity index (χ1n) is 6.31. The number of pyridine rings is 1. The van der Waals surface area contributed by atoms with Gasteiger partial charge in [0, 0.05) is 31.2 Å². The van der Waals surface area contributed by atoms with Crippen molar-refractivity contribution in [3.8, 4) is 0 Å². The van der Waals surface area contributed by atoms with Crippen LogP contribution in [0.25, 0.3) is 16.6 Å². The molecule has 3 heterocycles. The molecule has 1 aliphatic heterocycles. The van der Waals surface area contributed by atoms with Crippen molar-refractivity contribution < 1.29 is 0 Å². The van der Waals surface area contributed by atoms with Crippen LogP contribution in [0.15, 0.2) is 24.4 Å². The molecule has 2 N–H and O–H groups in total. The fraction of sp³-hybridized carbons (Fsp3) is 0.357. The second-order valence-electron chi connectivity index (χ2n) is 4.84. The van der Waals surface area contributed by atoms with Crippen molar-refractivity contribution in [2.75, 3.05) is 32.5 Å². The minimum atomic E-state index is 0.962. The van der Waals surface area contributed by atoms with Gasteiger partial charge in [-0.25, -0.2) is 4.98 Å². The Morgan fingerprint density at radius 1 is 1.39 bits per heavy atom. The van der Waals surface area contributed by atoms with E-state index in [-0.39, 0.29) is 0 Å². The van der Waals surface area contributed by atoms with Crippen molar-refractivity contribution in [1.82, 2.24) is 14.9 Å². The van der Waals surface area contributed by atoms with Gasteiger partial charge >= 0.3 is 0 Å². The first kappa shape index (κ1) is 11.3. The van der Waals surface area contributed by atoms with Gasteiger partial charge in [0.25, 0.3) is 0 Å². The highest BCUT2D eigenvalue weighted by Gasteiger charge is 2.12. The highest BCUT2D eigenvalue weighted by Crippen LogP contribution is 2.25. The van der Waals surface area contributed by atoms with Crippen LogP contribution >= 0.6 is 0 Å². The predicted molar refractivity (Wildman–Crippen MR) is 75.7 cm³/mol. The van der Waals surface area contributed by atoms with E-state index in [0.29, 0.717) is 0 Å². The lowest BCUT2D eigenvalue weighted by atomic mass is 10.1. The van der Waals surface area contributed by atoms with Gasteiger partial charge in [0.05, 0.1) is 11.9 Å². The molecule has 0 saturated heterocycles. The second-order valence-corrected chi connectivity index (χ2v) is 4.84. The fourth-order valence-corrected chi connectivity index (χ4v) is 2.34. The molecule has 2 aromatic rings. The summed E-state index contributed by atoms with van der Waals surface area (Å²) in [7, 11) is 4.06. The van der Waals surface area contributed by atoms with E-state index in [1.165, 1.54) is 11.3 Å². The van der Waals surface area contributed by atoms with E-state index in [1.807, 2.05) is 13.2 Å². The van der Waals surface area contributed by atoms with Crippen LogP contribution in [0.4, 0.5) is 5.69 Å². The molecule has 4 nitrogen and oxygen atoms in total. The van der Waals surface area contributed by atoms with Crippen molar-refractivity contribution >= 4 is 22.3 Å². The number of fused-ring (bicyclic) bond motifs is 1. The number of likely N-dealkylation sites (N-methyl/N-ethyl adjacent to an activating group) is 1. The molecule has 0 radical (unpaired) electrons. The zero-order valence-electron chi connectivity index (χ0n) is 10.8. The number of aromatic nitrogens is 2. The van der Waals surface area contributed by atoms with Crippen LogP contribution in [-0.2, 0) is 0 Å². The maximum atomic E-state index is 4.43. The molecule has 18 heavy (non-hydrogen) atoms. The van der Waals surface area contributed by atoms with Crippen molar-refractivity contribution in [3.05, 3.63) is 30.1 Å². The Morgan fingerprint density at radius 2 is 2.28 bits per heavy atom. The summed E-state index contributed by atoms with van der Waals surface area (Å²) < 4.78 is 0. The topological polar surface area (TPSA) is 44.0 Å². The van der Waals surface area contributed by atoms with Crippen LogP contribution in [0.2, 0.25) is 0 Å². The van der Waals surface area contributed by atoms with Crippen LogP contribution in [-0.4, -0.2) is 42.1 Å². The second kappa shape index (κ2) is 4.46. The summed E-state index contributed by atoms with van der Waals surface area (Å²) in [6.07, 6.45) is 5.25. The average molecular weight is 242 g/mol. The Balaban J connectivity index is 1.98. The molecule has 94 valence electrons. The van der Waals surface area contributed by atoms with Crippen molar-refractivity contribution in [1.29, 1.82) is 0 Å². The first-order chi connectivity index (χ1) is 8.76. The van der Waals surface area contributed by atoms with Crippen LogP contribution < -0.4 is 5.32 Å². The quantitative estimate of drug-likeness (QED) is 0.849. The Hall–Kier alpha value is -1.81. The molecule has 0 amide bonds. The van der Waals surface area contributed by atoms with Gasteiger partial charge in [-0.1, -0.05) is 6.08 Å². The van der Waals surface area contributed by atoms with E-state index in [1.54, 1.807) is 0 Å². The molecule has 3 rings (SSSR count). The maximum Gasteiger partial charge on any atom is 0.137 e. The third-order valence-electron chi connectivity index (χ3n) is 3.52. The average Bonchev–Trinajstić information content (AvgIpc) is 2.82. The number of anilines is 1. The van der Waals surface area contributed by atoms with Crippen LogP contribution in [0.5, 0.6) is 0 Å². The van der Waals surface area contributed by atoms with Crippen molar-refractivity contribution in [2.45, 2.75) is 6.42 Å². The number of hydrogen-bond donors (Lipinski definition) is 2. The van der Waals surface area contributed by atoms with E-state index in [0.717, 1.165) is 36.2 Å². The zero-order valence-corrected chi connectivity index (χ0v) is 10.8. The molecular weight excluding hydrogens is 224 g/mol. The molecule has 4 heteroatoms. The summed E-state index contributed by atoms with van der Waals surface area (Å²) in [4.78, 5) is 10.2. The van der Waals surface area contributed by atoms with Gasteiger partial charge in [0.1, 0.15) is 5.65 Å². The number of aromatic amines is 1. The van der Waals surface area contributed by atoms with Gasteiger partial charge in [-0.05, 0) is 31.2 Å². The van der Waals surface area contributed by atoms with E-state index >= 15 is 0 Å². The van der Waals surface area contributed by atoms with Crippen molar-refractivity contribution in [3.63, 3.8) is 0 Å². The predicted octanol–water partition coefficient (Wildman–Crippen LogP) is 2.32. The molecule has 2 aromatic heterocycles. The molecule has 0 aliphatic carbocycles. The van der Waals surface area contributed by atoms with Crippen LogP contribution in [0.1, 0.15) is 12.1 Å². The molecule has 0 bridgehead atoms. The highest BCUT2D eigenvalue weighted by atomic mass is 15.1. The van der Waals surface area contributed by atoms with Crippen LogP contribution in [0, 0.1) is 0 Å². The summed E-state index contributed by atoms with van der Waals surface area (Å²) in [5.74, 6) is 0. The highest BCUT2D eigenvalue weighted by molar-refractivity contribution is 5.84. The molecular formula is C14H18N4. The Kier molecular flexibility index (Phi) is 2.80. The van der Waals surface area contributed by atoms with Gasteiger partial charge in [0.2, 0.25) is 0 Å². The third-order valence-corrected chi connectivity index (χ3v) is 3.52. The van der Waals surface area contributed by atoms with Gasteiger partial charge in [-0.3, -0.25) is 0 Å². The van der Waals surface area contributed by atoms with Crippen molar-refractivity contribution in [2.24, 2.45) is 0 Å². The monoisotopic (exact) mass is 242 g/mol. The molecule has 0 aromatic carbocycles. The Labute approximate surface area is 107 Å². The molecule has 0 fully saturated rings. The van der Waals surface area contributed by atoms with Gasteiger partial charge < -0.3 is 15.2 Å². The van der Waals surface area contributed by atoms with E-state index in [4.69, 9.17) is 0 Å². The Morgan fingerprint density at radius 3 is 3.00 bits per heavy atom. The van der Waals surface area contributed by atoms with E-state index in [2.05, 4.69) is 45.4 Å². The lowest BCUT2D eigenvalue weighted by Gasteiger charge is -2.21. The molecule has 1 aliphatic rings. The largest absolute Gasteiger partial charge is 0.387 e. The standard InChI is InChI=1S/C14H18N4/c1-15-12-7-11-8-13(17-14(11)16-9-12)10-3-5-18(2)6-4-10/h3,7-9,15H,4-6H2,1-2H3,(H,16,17). The maximum absolute atomic E-state index is 4.43. The summed E-state index contributed by atoms with van der Waals surface area (Å²) in [6, 6.07) is 4.32. The first-order valence-corrected chi connectivity index (χ1v) is 6.31. The number of rotatable bonds is 2. The normalized spacial score (nSPS) is 16.9. The lowest BCUT2D eigenvalue weighted by Crippen LogP contribution is -2.23. The summed E-state index contributed by atoms with van der Waals surface area (Å²) in [5.41, 5.74) is 4.62. The molecule has 0 saturated carbocycles. The molecule has 0 spiro atoms. The summed E-state index contributed by atoms with van der Waals surface area (Å²) >= 11 is 0. The van der Waals surface area contributed by atoms with Gasteiger partial charge in [-0.2, -0.15) is 0 Å². The number of H-pyrrole nitrogens is 1. The summed E-state index contributed by atoms with van der Waals surface area (Å²) in [6.45, 7) is 2.15. The Bertz CT molecular complexity index is 597. The SMILES string of the molecule is CNc1cnc2[nH]c(C3=CCN(C)CC3)cc2c1. The number of hydrogen-bond acceptors (Lipinski definition) is 3. The fourth-order valence-electron chi connectivity index (χ4n) is 2.34. The number of nitrogens with one attached hydrogen (secondary N) is 2. The minimum Gasteiger partial charge on any atom is -0.387 e. The zero-order chi connectivity index (χ0) is 12.5. The minimum absolute atomic E-state index is 0.962. The van der Waals surface area contributed by atoms with E-state index < -0.39 is 0 Å². The lowest BCUT2D eigenvalue weighted by molar-refractivity contribution is 0.370. The smallest absolute Gasteiger partial charge is 0.137 e. The third kappa shape index (κ3) is 1.99. The number of nitrogens with zero attached hydrogens (tertiary/aromatic N) is 2. The van der Waals surface area contributed by atoms with Gasteiger partial charge in [-0.15, -0.1) is 0 Å². The van der Waals surface area contributed by atoms with Gasteiger partial charge in [0.15, 0.2) is 0 Å². The van der Waals surface area contributed by atoms with E-state index in [9.17, 15) is 0 Å². The molecule has 0 atom stereocenters. The molecule has 0 unspecified atom stereocenters. The van der Waals surface area contributed by atoms with Crippen LogP contribution in [0.3, 0.4) is 0 Å². The summed E-state index contributed by atoms with van der Waals surface area (Å²) in [5, 5.41) is 4.28.